The van der Waals surface area contributed by atoms with Crippen LogP contribution in [-0.4, -0.2) is 46.7 Å². The van der Waals surface area contributed by atoms with Crippen LogP contribution >= 0.6 is 0 Å². The van der Waals surface area contributed by atoms with E-state index in [1.54, 1.807) is 27.9 Å². The number of benzene rings is 2. The van der Waals surface area contributed by atoms with Gasteiger partial charge in [0.15, 0.2) is 6.10 Å². The summed E-state index contributed by atoms with van der Waals surface area (Å²) in [6.07, 6.45) is 2.27. The maximum absolute atomic E-state index is 13.5. The van der Waals surface area contributed by atoms with Crippen LogP contribution < -0.4 is 5.32 Å². The smallest absolute Gasteiger partial charge is 0.259 e. The Bertz CT molecular complexity index is 1080. The van der Waals surface area contributed by atoms with Gasteiger partial charge in [-0.05, 0) is 36.6 Å². The molecular weight excluding hydrogens is 411 g/mol. The van der Waals surface area contributed by atoms with Gasteiger partial charge in [0.1, 0.15) is 11.6 Å². The number of aromatic nitrogens is 2. The number of hydrogen-bond donors (Lipinski definition) is 1. The summed E-state index contributed by atoms with van der Waals surface area (Å²) < 4.78 is 20.7. The molecule has 4 rings (SSSR count). The van der Waals surface area contributed by atoms with Crippen LogP contribution in [0.5, 0.6) is 0 Å². The van der Waals surface area contributed by atoms with Crippen molar-refractivity contribution in [2.45, 2.75) is 25.0 Å². The second-order valence-corrected chi connectivity index (χ2v) is 7.71. The zero-order valence-corrected chi connectivity index (χ0v) is 17.8. The van der Waals surface area contributed by atoms with Crippen molar-refractivity contribution in [2.75, 3.05) is 25.5 Å². The Morgan fingerprint density at radius 1 is 1.09 bits per heavy atom. The molecule has 1 N–H and O–H groups in total. The van der Waals surface area contributed by atoms with Crippen LogP contribution in [0.2, 0.25) is 0 Å². The summed E-state index contributed by atoms with van der Waals surface area (Å²) in [7, 11) is 1.50. The average Bonchev–Trinajstić information content (AvgIpc) is 3.28. The number of likely N-dealkylation sites (tertiary alicyclic amines) is 1. The van der Waals surface area contributed by atoms with Gasteiger partial charge in [0.05, 0.1) is 12.2 Å². The van der Waals surface area contributed by atoms with Gasteiger partial charge in [0, 0.05) is 31.8 Å². The van der Waals surface area contributed by atoms with Crippen LogP contribution in [0.25, 0.3) is 0 Å². The first-order valence-corrected chi connectivity index (χ1v) is 10.5. The highest BCUT2D eigenvalue weighted by molar-refractivity contribution is 5.94. The Labute approximate surface area is 185 Å². The first kappa shape index (κ1) is 21.7. The molecule has 0 saturated carbocycles. The second kappa shape index (κ2) is 9.74. The van der Waals surface area contributed by atoms with Crippen LogP contribution in [0.4, 0.5) is 10.2 Å². The lowest BCUT2D eigenvalue weighted by Crippen LogP contribution is -2.39. The second-order valence-electron chi connectivity index (χ2n) is 7.71. The maximum atomic E-state index is 13.5. The molecule has 1 saturated heterocycles. The van der Waals surface area contributed by atoms with E-state index in [1.165, 1.54) is 25.3 Å². The van der Waals surface area contributed by atoms with E-state index in [4.69, 9.17) is 4.74 Å². The van der Waals surface area contributed by atoms with E-state index >= 15 is 0 Å². The Balaban J connectivity index is 1.40. The van der Waals surface area contributed by atoms with Crippen molar-refractivity contribution in [1.29, 1.82) is 0 Å². The highest BCUT2D eigenvalue weighted by Gasteiger charge is 2.27. The molecule has 1 atom stereocenters. The van der Waals surface area contributed by atoms with Crippen LogP contribution in [0, 0.1) is 5.82 Å². The van der Waals surface area contributed by atoms with E-state index in [0.717, 1.165) is 5.56 Å². The number of halogens is 1. The molecule has 0 radical (unpaired) electrons. The van der Waals surface area contributed by atoms with E-state index in [2.05, 4.69) is 10.4 Å². The molecule has 0 aliphatic carbocycles. The predicted octanol–water partition coefficient (Wildman–Crippen LogP) is 3.83. The number of nitrogens with one attached hydrogen (secondary N) is 1. The van der Waals surface area contributed by atoms with Crippen LogP contribution in [0.15, 0.2) is 66.9 Å². The molecule has 0 unspecified atom stereocenters. The lowest BCUT2D eigenvalue weighted by Gasteiger charge is -2.33. The molecule has 1 aromatic heterocycles. The number of ether oxygens (including phenoxy) is 1. The third kappa shape index (κ3) is 4.70. The summed E-state index contributed by atoms with van der Waals surface area (Å²) in [4.78, 5) is 27.2. The van der Waals surface area contributed by atoms with Gasteiger partial charge < -0.3 is 15.0 Å². The van der Waals surface area contributed by atoms with Crippen molar-refractivity contribution < 1.29 is 18.7 Å². The monoisotopic (exact) mass is 436 g/mol. The van der Waals surface area contributed by atoms with Crippen molar-refractivity contribution in [3.8, 4) is 0 Å². The predicted molar refractivity (Wildman–Crippen MR) is 118 cm³/mol. The molecule has 0 bridgehead atoms. The molecule has 1 aliphatic heterocycles. The number of rotatable bonds is 6. The largest absolute Gasteiger partial charge is 0.367 e. The molecule has 7 nitrogen and oxygen atoms in total. The van der Waals surface area contributed by atoms with E-state index in [9.17, 15) is 14.0 Å². The molecule has 166 valence electrons. The molecule has 2 amide bonds. The molecule has 2 heterocycles. The summed E-state index contributed by atoms with van der Waals surface area (Å²) in [5.41, 5.74) is 1.12. The summed E-state index contributed by atoms with van der Waals surface area (Å²) in [6, 6.07) is 16.8. The minimum Gasteiger partial charge on any atom is -0.367 e. The molecular formula is C24H25FN4O3. The van der Waals surface area contributed by atoms with Gasteiger partial charge in [0.2, 0.25) is 0 Å². The quantitative estimate of drug-likeness (QED) is 0.637. The molecule has 1 aliphatic rings. The third-order valence-electron chi connectivity index (χ3n) is 5.67. The minimum absolute atomic E-state index is 0.0366. The van der Waals surface area contributed by atoms with E-state index in [-0.39, 0.29) is 17.9 Å². The molecule has 0 spiro atoms. The molecule has 3 aromatic rings. The molecule has 1 fully saturated rings. The van der Waals surface area contributed by atoms with Gasteiger partial charge in [-0.3, -0.25) is 9.59 Å². The number of carbonyl (C=O) groups excluding carboxylic acids is 2. The first-order valence-electron chi connectivity index (χ1n) is 10.5. The first-order chi connectivity index (χ1) is 15.6. The average molecular weight is 436 g/mol. The number of methoxy groups -OCH3 is 1. The lowest BCUT2D eigenvalue weighted by molar-refractivity contribution is -0.126. The number of amides is 2. The Hall–Kier alpha value is -3.52. The van der Waals surface area contributed by atoms with Crippen LogP contribution in [0.1, 0.15) is 40.9 Å². The summed E-state index contributed by atoms with van der Waals surface area (Å²) >= 11 is 0. The lowest BCUT2D eigenvalue weighted by atomic mass is 10.0. The highest BCUT2D eigenvalue weighted by Crippen LogP contribution is 2.27. The summed E-state index contributed by atoms with van der Waals surface area (Å²) in [5.74, 6) is -0.294. The number of anilines is 1. The SMILES string of the molecule is CO[C@H](C(=O)Nc1ccnn1C1CCN(C(=O)c2cccc(F)c2)CC1)c1ccccc1. The fourth-order valence-electron chi connectivity index (χ4n) is 4.04. The number of carbonyl (C=O) groups is 2. The normalized spacial score (nSPS) is 15.4. The van der Waals surface area contributed by atoms with Crippen LogP contribution in [-0.2, 0) is 9.53 Å². The fraction of sp³-hybridized carbons (Fsp3) is 0.292. The molecule has 2 aromatic carbocycles. The van der Waals surface area contributed by atoms with Gasteiger partial charge in [-0.25, -0.2) is 9.07 Å². The zero-order chi connectivity index (χ0) is 22.5. The Morgan fingerprint density at radius 3 is 2.53 bits per heavy atom. The van der Waals surface area contributed by atoms with Gasteiger partial charge in [-0.1, -0.05) is 36.4 Å². The van der Waals surface area contributed by atoms with Crippen molar-refractivity contribution in [3.63, 3.8) is 0 Å². The van der Waals surface area contributed by atoms with E-state index in [0.29, 0.717) is 37.3 Å². The Morgan fingerprint density at radius 2 is 1.84 bits per heavy atom. The third-order valence-corrected chi connectivity index (χ3v) is 5.67. The van der Waals surface area contributed by atoms with Gasteiger partial charge >= 0.3 is 0 Å². The van der Waals surface area contributed by atoms with Gasteiger partial charge in [-0.2, -0.15) is 5.10 Å². The molecule has 32 heavy (non-hydrogen) atoms. The highest BCUT2D eigenvalue weighted by atomic mass is 19.1. The van der Waals surface area contributed by atoms with Crippen molar-refractivity contribution in [3.05, 3.63) is 83.8 Å². The number of piperidine rings is 1. The fourth-order valence-corrected chi connectivity index (χ4v) is 4.04. The van der Waals surface area contributed by atoms with Crippen molar-refractivity contribution in [1.82, 2.24) is 14.7 Å². The topological polar surface area (TPSA) is 76.5 Å². The number of nitrogens with zero attached hydrogens (tertiary/aromatic N) is 3. The minimum atomic E-state index is -0.731. The zero-order valence-electron chi connectivity index (χ0n) is 17.8. The van der Waals surface area contributed by atoms with E-state index < -0.39 is 11.9 Å². The van der Waals surface area contributed by atoms with E-state index in [1.807, 2.05) is 30.3 Å². The summed E-state index contributed by atoms with van der Waals surface area (Å²) in [5, 5.41) is 7.32. The molecule has 8 heteroatoms. The van der Waals surface area contributed by atoms with Crippen molar-refractivity contribution >= 4 is 17.6 Å². The van der Waals surface area contributed by atoms with Crippen LogP contribution in [0.3, 0.4) is 0 Å². The van der Waals surface area contributed by atoms with Gasteiger partial charge in [-0.15, -0.1) is 0 Å². The summed E-state index contributed by atoms with van der Waals surface area (Å²) in [6.45, 7) is 1.05. The Kier molecular flexibility index (Phi) is 6.61. The maximum Gasteiger partial charge on any atom is 0.259 e. The number of hydrogen-bond acceptors (Lipinski definition) is 4. The van der Waals surface area contributed by atoms with Crippen molar-refractivity contribution in [2.24, 2.45) is 0 Å². The standard InChI is InChI=1S/C24H25FN4O3/c1-32-22(17-6-3-2-4-7-17)23(30)27-21-10-13-26-29(21)20-11-14-28(15-12-20)24(31)18-8-5-9-19(25)16-18/h2-10,13,16,20,22H,11-12,14-15H2,1H3,(H,27,30)/t22-/m0/s1. The van der Waals surface area contributed by atoms with Gasteiger partial charge in [0.25, 0.3) is 11.8 Å².